The third-order valence-corrected chi connectivity index (χ3v) is 12.3. The molecule has 3 aromatic rings. The number of ketones is 1. The molecule has 0 saturated carbocycles. The summed E-state index contributed by atoms with van der Waals surface area (Å²) in [7, 11) is -5.84. The van der Waals surface area contributed by atoms with E-state index in [-0.39, 0.29) is 14.9 Å². The number of aryl methyl sites for hydroxylation is 3. The van der Waals surface area contributed by atoms with Crippen molar-refractivity contribution in [1.82, 2.24) is 0 Å². The minimum absolute atomic E-state index is 0.242. The van der Waals surface area contributed by atoms with E-state index in [1.54, 1.807) is 62.4 Å². The van der Waals surface area contributed by atoms with Crippen LogP contribution in [0.5, 0.6) is 0 Å². The van der Waals surface area contributed by atoms with Crippen molar-refractivity contribution in [3.05, 3.63) is 102 Å². The first-order chi connectivity index (χ1) is 14.9. The van der Waals surface area contributed by atoms with Gasteiger partial charge in [-0.3, -0.25) is 0 Å². The number of carbonyl (C=O) groups is 1. The number of hydrogen-bond acceptors (Lipinski definition) is 4. The fourth-order valence-corrected chi connectivity index (χ4v) is 10.4. The molecular formula is C23H20F3IO4S. The standard InChI is InChI=1S/C23H20F3IO4S/c1-15-12-16(2)21(17(3)13-15)27(31-32(29,30)23(24,25)26)20-11-7-10-19(14-20)22(28)18-8-5-4-6-9-18/h4-14H,1-3H3. The van der Waals surface area contributed by atoms with Gasteiger partial charge in [-0.2, -0.15) is 0 Å². The second-order valence-electron chi connectivity index (χ2n) is 7.13. The molecule has 0 atom stereocenters. The Hall–Kier alpha value is -2.24. The van der Waals surface area contributed by atoms with Gasteiger partial charge in [-0.05, 0) is 0 Å². The van der Waals surface area contributed by atoms with Crippen LogP contribution in [0.15, 0.2) is 66.7 Å². The summed E-state index contributed by atoms with van der Waals surface area (Å²) in [6.45, 7) is 5.26. The van der Waals surface area contributed by atoms with Crippen LogP contribution in [-0.2, 0) is 12.6 Å². The third-order valence-electron chi connectivity index (χ3n) is 4.50. The Morgan fingerprint density at radius 2 is 1.41 bits per heavy atom. The van der Waals surface area contributed by atoms with Gasteiger partial charge in [0, 0.05) is 0 Å². The Labute approximate surface area is 192 Å². The van der Waals surface area contributed by atoms with Crippen LogP contribution in [0, 0.1) is 27.9 Å². The van der Waals surface area contributed by atoms with Gasteiger partial charge in [0.25, 0.3) is 0 Å². The Kier molecular flexibility index (Phi) is 7.11. The van der Waals surface area contributed by atoms with Crippen LogP contribution in [0.3, 0.4) is 0 Å². The van der Waals surface area contributed by atoms with E-state index in [1.807, 2.05) is 6.92 Å². The zero-order chi connectivity index (χ0) is 23.7. The summed E-state index contributed by atoms with van der Waals surface area (Å²) < 4.78 is 69.1. The molecule has 170 valence electrons. The minimum atomic E-state index is -5.84. The molecule has 0 fully saturated rings. The summed E-state index contributed by atoms with van der Waals surface area (Å²) >= 11 is -3.63. The van der Waals surface area contributed by atoms with Crippen molar-refractivity contribution >= 4 is 36.1 Å². The molecule has 0 aromatic heterocycles. The summed E-state index contributed by atoms with van der Waals surface area (Å²) in [4.78, 5) is 12.9. The van der Waals surface area contributed by atoms with Crippen LogP contribution in [0.4, 0.5) is 13.2 Å². The second-order valence-corrected chi connectivity index (χ2v) is 13.5. The van der Waals surface area contributed by atoms with E-state index in [2.05, 4.69) is 0 Å². The monoisotopic (exact) mass is 576 g/mol. The summed E-state index contributed by atoms with van der Waals surface area (Å²) in [5.74, 6) is -0.320. The van der Waals surface area contributed by atoms with Crippen LogP contribution < -0.4 is 0 Å². The number of halogens is 4. The number of rotatable bonds is 6. The molecule has 3 aromatic carbocycles. The third kappa shape index (κ3) is 5.21. The molecule has 0 radical (unpaired) electrons. The Morgan fingerprint density at radius 3 is 1.97 bits per heavy atom. The van der Waals surface area contributed by atoms with Gasteiger partial charge in [0.1, 0.15) is 0 Å². The summed E-state index contributed by atoms with van der Waals surface area (Å²) in [5, 5.41) is 0. The first-order valence-electron chi connectivity index (χ1n) is 9.39. The molecule has 0 unspecified atom stereocenters. The topological polar surface area (TPSA) is 60.4 Å². The zero-order valence-electron chi connectivity index (χ0n) is 17.4. The average molecular weight is 576 g/mol. The molecule has 3 rings (SSSR count). The van der Waals surface area contributed by atoms with Gasteiger partial charge in [-0.1, -0.05) is 0 Å². The van der Waals surface area contributed by atoms with Gasteiger partial charge in [0.05, 0.1) is 0 Å². The number of hydrogen-bond donors (Lipinski definition) is 0. The maximum atomic E-state index is 13.2. The summed E-state index contributed by atoms with van der Waals surface area (Å²) in [6.07, 6.45) is 0. The molecular weight excluding hydrogens is 556 g/mol. The van der Waals surface area contributed by atoms with E-state index in [9.17, 15) is 26.4 Å². The van der Waals surface area contributed by atoms with Crippen molar-refractivity contribution < 1.29 is 28.9 Å². The Bertz CT molecular complexity index is 1230. The first kappa shape index (κ1) is 24.4. The summed E-state index contributed by atoms with van der Waals surface area (Å²) in [6, 6.07) is 18.0. The van der Waals surface area contributed by atoms with E-state index in [0.717, 1.165) is 5.56 Å². The van der Waals surface area contributed by atoms with Crippen molar-refractivity contribution in [2.24, 2.45) is 0 Å². The molecule has 0 aliphatic carbocycles. The Balaban J connectivity index is 2.16. The quantitative estimate of drug-likeness (QED) is 0.200. The van der Waals surface area contributed by atoms with Crippen molar-refractivity contribution in [2.45, 2.75) is 26.3 Å². The van der Waals surface area contributed by atoms with E-state index in [0.29, 0.717) is 20.3 Å². The van der Waals surface area contributed by atoms with Crippen LogP contribution >= 0.6 is 20.2 Å². The van der Waals surface area contributed by atoms with Crippen molar-refractivity contribution in [3.8, 4) is 0 Å². The number of benzene rings is 3. The van der Waals surface area contributed by atoms with Gasteiger partial charge in [-0.25, -0.2) is 0 Å². The predicted octanol–water partition coefficient (Wildman–Crippen LogP) is 6.17. The van der Waals surface area contributed by atoms with Gasteiger partial charge < -0.3 is 0 Å². The van der Waals surface area contributed by atoms with E-state index < -0.39 is 35.9 Å². The molecule has 0 saturated heterocycles. The van der Waals surface area contributed by atoms with Gasteiger partial charge in [-0.15, -0.1) is 0 Å². The van der Waals surface area contributed by atoms with Crippen LogP contribution in [0.2, 0.25) is 0 Å². The van der Waals surface area contributed by atoms with Crippen molar-refractivity contribution in [1.29, 1.82) is 0 Å². The molecule has 4 nitrogen and oxygen atoms in total. The average Bonchev–Trinajstić information content (AvgIpc) is 2.71. The molecule has 0 heterocycles. The van der Waals surface area contributed by atoms with Gasteiger partial charge >= 0.3 is 193 Å². The second kappa shape index (κ2) is 9.32. The predicted molar refractivity (Wildman–Crippen MR) is 124 cm³/mol. The Morgan fingerprint density at radius 1 is 0.844 bits per heavy atom. The SMILES string of the molecule is Cc1cc(C)c(I(OS(=O)(=O)C(F)(F)F)c2cccc(C(=O)c3ccccc3)c2)c(C)c1. The van der Waals surface area contributed by atoms with Crippen molar-refractivity contribution in [2.75, 3.05) is 0 Å². The fraction of sp³-hybridized carbons (Fsp3) is 0.174. The van der Waals surface area contributed by atoms with E-state index in [1.165, 1.54) is 18.2 Å². The number of alkyl halides is 3. The van der Waals surface area contributed by atoms with Crippen molar-refractivity contribution in [3.63, 3.8) is 0 Å². The maximum absolute atomic E-state index is 13.2. The fourth-order valence-electron chi connectivity index (χ4n) is 3.22. The van der Waals surface area contributed by atoms with E-state index in [4.69, 9.17) is 2.51 Å². The molecule has 0 bridgehead atoms. The molecule has 32 heavy (non-hydrogen) atoms. The molecule has 0 N–H and O–H groups in total. The van der Waals surface area contributed by atoms with Gasteiger partial charge in [0.2, 0.25) is 0 Å². The molecule has 0 amide bonds. The van der Waals surface area contributed by atoms with Crippen LogP contribution in [0.1, 0.15) is 32.6 Å². The van der Waals surface area contributed by atoms with Crippen LogP contribution in [-0.4, -0.2) is 19.7 Å². The van der Waals surface area contributed by atoms with Crippen LogP contribution in [0.25, 0.3) is 0 Å². The molecule has 0 aliphatic rings. The first-order valence-corrected chi connectivity index (χ1v) is 13.8. The number of carbonyl (C=O) groups excluding carboxylic acids is 1. The molecule has 0 aliphatic heterocycles. The molecule has 9 heteroatoms. The van der Waals surface area contributed by atoms with Gasteiger partial charge in [0.15, 0.2) is 0 Å². The molecule has 0 spiro atoms. The summed E-state index contributed by atoms with van der Waals surface area (Å²) in [5.41, 5.74) is -2.71. The normalized spacial score (nSPS) is 12.5. The zero-order valence-corrected chi connectivity index (χ0v) is 20.4. The van der Waals surface area contributed by atoms with E-state index >= 15 is 0 Å².